The molecule has 4 rings (SSSR count). The fourth-order valence-electron chi connectivity index (χ4n) is 3.44. The maximum absolute atomic E-state index is 13.1. The van der Waals surface area contributed by atoms with Gasteiger partial charge < -0.3 is 4.90 Å². The molecule has 138 valence electrons. The molecule has 3 heterocycles. The molecule has 0 radical (unpaired) electrons. The van der Waals surface area contributed by atoms with E-state index in [2.05, 4.69) is 10.2 Å². The number of H-pyrrole nitrogens is 1. The number of piperidine rings is 1. The number of aromatic nitrogens is 3. The van der Waals surface area contributed by atoms with E-state index in [-0.39, 0.29) is 17.6 Å². The van der Waals surface area contributed by atoms with Crippen LogP contribution in [0.25, 0.3) is 5.65 Å². The van der Waals surface area contributed by atoms with Gasteiger partial charge >= 0.3 is 5.69 Å². The summed E-state index contributed by atoms with van der Waals surface area (Å²) in [7, 11) is 0. The molecule has 1 N–H and O–H groups in total. The summed E-state index contributed by atoms with van der Waals surface area (Å²) in [6, 6.07) is 8.67. The fraction of sp³-hybridized carbons (Fsp3) is 0.263. The number of aromatic amines is 1. The molecule has 27 heavy (non-hydrogen) atoms. The molecule has 1 amide bonds. The van der Waals surface area contributed by atoms with E-state index in [1.807, 2.05) is 0 Å². The highest BCUT2D eigenvalue weighted by atomic mass is 19.1. The number of nitrogens with one attached hydrogen (secondary N) is 1. The standard InChI is InChI=1S/C19H17FN4O3/c20-15-6-3-12(4-7-15)17(25)13-2-1-9-23(10-13)18(26)14-5-8-16-21-22-19(27)24(16)11-14/h3-8,11,13H,1-2,9-10H2,(H,22,27)/t13-/m1/s1. The fourth-order valence-corrected chi connectivity index (χ4v) is 3.44. The van der Waals surface area contributed by atoms with Crippen LogP contribution in [0.3, 0.4) is 0 Å². The Morgan fingerprint density at radius 1 is 1.11 bits per heavy atom. The zero-order chi connectivity index (χ0) is 19.0. The van der Waals surface area contributed by atoms with Gasteiger partial charge in [0.25, 0.3) is 5.91 Å². The molecule has 1 aromatic carbocycles. The van der Waals surface area contributed by atoms with Gasteiger partial charge in [0, 0.05) is 30.8 Å². The molecule has 0 saturated carbocycles. The number of amides is 1. The number of pyridine rings is 1. The normalized spacial score (nSPS) is 17.2. The Morgan fingerprint density at radius 3 is 2.63 bits per heavy atom. The van der Waals surface area contributed by atoms with Crippen molar-refractivity contribution in [1.82, 2.24) is 19.5 Å². The first-order valence-corrected chi connectivity index (χ1v) is 8.69. The molecule has 8 heteroatoms. The Bertz CT molecular complexity index is 1070. The number of ketones is 1. The van der Waals surface area contributed by atoms with Gasteiger partial charge in [-0.15, -0.1) is 0 Å². The number of benzene rings is 1. The topological polar surface area (TPSA) is 87.5 Å². The Kier molecular flexibility index (Phi) is 4.31. The summed E-state index contributed by atoms with van der Waals surface area (Å²) in [5.41, 5.74) is 0.824. The van der Waals surface area contributed by atoms with Gasteiger partial charge in [-0.25, -0.2) is 18.7 Å². The number of carbonyl (C=O) groups is 2. The summed E-state index contributed by atoms with van der Waals surface area (Å²) in [6.45, 7) is 0.845. The van der Waals surface area contributed by atoms with Crippen LogP contribution in [0.15, 0.2) is 47.4 Å². The summed E-state index contributed by atoms with van der Waals surface area (Å²) in [4.78, 5) is 38.9. The van der Waals surface area contributed by atoms with E-state index in [4.69, 9.17) is 0 Å². The van der Waals surface area contributed by atoms with E-state index < -0.39 is 11.5 Å². The number of hydrogen-bond acceptors (Lipinski definition) is 4. The number of halogens is 1. The first kappa shape index (κ1) is 17.1. The van der Waals surface area contributed by atoms with E-state index in [0.717, 1.165) is 0 Å². The third-order valence-electron chi connectivity index (χ3n) is 4.87. The van der Waals surface area contributed by atoms with Crippen LogP contribution >= 0.6 is 0 Å². The van der Waals surface area contributed by atoms with Crippen molar-refractivity contribution in [2.24, 2.45) is 5.92 Å². The van der Waals surface area contributed by atoms with Crippen molar-refractivity contribution in [3.63, 3.8) is 0 Å². The van der Waals surface area contributed by atoms with Crippen LogP contribution < -0.4 is 5.69 Å². The lowest BCUT2D eigenvalue weighted by atomic mass is 9.89. The van der Waals surface area contributed by atoms with Crippen molar-refractivity contribution in [3.05, 3.63) is 70.0 Å². The molecule has 0 bridgehead atoms. The lowest BCUT2D eigenvalue weighted by molar-refractivity contribution is 0.0636. The molecule has 2 aromatic heterocycles. The first-order valence-electron chi connectivity index (χ1n) is 8.69. The summed E-state index contributed by atoms with van der Waals surface area (Å²) in [5.74, 6) is -1.04. The molecule has 1 saturated heterocycles. The van der Waals surface area contributed by atoms with Gasteiger partial charge in [0.05, 0.1) is 5.56 Å². The minimum absolute atomic E-state index is 0.0889. The predicted molar refractivity (Wildman–Crippen MR) is 95.2 cm³/mol. The maximum Gasteiger partial charge on any atom is 0.347 e. The van der Waals surface area contributed by atoms with Crippen molar-refractivity contribution in [2.75, 3.05) is 13.1 Å². The number of hydrogen-bond donors (Lipinski definition) is 1. The molecule has 1 atom stereocenters. The summed E-state index contributed by atoms with van der Waals surface area (Å²) < 4.78 is 14.3. The van der Waals surface area contributed by atoms with Gasteiger partial charge in [0.1, 0.15) is 5.82 Å². The minimum atomic E-state index is -0.414. The van der Waals surface area contributed by atoms with E-state index in [9.17, 15) is 18.8 Å². The predicted octanol–water partition coefficient (Wildman–Crippen LogP) is 1.90. The second-order valence-electron chi connectivity index (χ2n) is 6.64. The molecular formula is C19H17FN4O3. The van der Waals surface area contributed by atoms with Crippen molar-refractivity contribution >= 4 is 17.3 Å². The number of Topliss-reactive ketones (excluding diaryl/α,β-unsaturated/α-hetero) is 1. The second kappa shape index (κ2) is 6.79. The van der Waals surface area contributed by atoms with E-state index in [0.29, 0.717) is 42.7 Å². The molecule has 3 aromatic rings. The van der Waals surface area contributed by atoms with Gasteiger partial charge in [0.15, 0.2) is 11.4 Å². The molecule has 7 nitrogen and oxygen atoms in total. The second-order valence-corrected chi connectivity index (χ2v) is 6.64. The first-order chi connectivity index (χ1) is 13.0. The smallest absolute Gasteiger partial charge is 0.338 e. The minimum Gasteiger partial charge on any atom is -0.338 e. The maximum atomic E-state index is 13.1. The zero-order valence-electron chi connectivity index (χ0n) is 14.4. The summed E-state index contributed by atoms with van der Waals surface area (Å²) >= 11 is 0. The third-order valence-corrected chi connectivity index (χ3v) is 4.87. The molecule has 0 unspecified atom stereocenters. The zero-order valence-corrected chi connectivity index (χ0v) is 14.4. The van der Waals surface area contributed by atoms with Gasteiger partial charge in [-0.1, -0.05) is 0 Å². The largest absolute Gasteiger partial charge is 0.347 e. The van der Waals surface area contributed by atoms with Gasteiger partial charge in [-0.2, -0.15) is 5.10 Å². The van der Waals surface area contributed by atoms with E-state index in [1.165, 1.54) is 34.9 Å². The van der Waals surface area contributed by atoms with E-state index in [1.54, 1.807) is 17.0 Å². The van der Waals surface area contributed by atoms with E-state index >= 15 is 0 Å². The van der Waals surface area contributed by atoms with Crippen molar-refractivity contribution < 1.29 is 14.0 Å². The lowest BCUT2D eigenvalue weighted by Crippen LogP contribution is -2.42. The van der Waals surface area contributed by atoms with Gasteiger partial charge in [-0.05, 0) is 49.2 Å². The highest BCUT2D eigenvalue weighted by Crippen LogP contribution is 2.22. The highest BCUT2D eigenvalue weighted by molar-refractivity contribution is 5.99. The number of rotatable bonds is 3. The number of carbonyl (C=O) groups excluding carboxylic acids is 2. The van der Waals surface area contributed by atoms with Crippen LogP contribution in [-0.4, -0.2) is 44.3 Å². The van der Waals surface area contributed by atoms with Gasteiger partial charge in [-0.3, -0.25) is 9.59 Å². The average molecular weight is 368 g/mol. The van der Waals surface area contributed by atoms with Crippen LogP contribution in [-0.2, 0) is 0 Å². The quantitative estimate of drug-likeness (QED) is 0.715. The summed E-state index contributed by atoms with van der Waals surface area (Å²) in [6.07, 6.45) is 2.84. The SMILES string of the molecule is O=C(c1ccc(F)cc1)[C@@H]1CCCN(C(=O)c2ccc3n[nH]c(=O)n3c2)C1. The molecular weight excluding hydrogens is 351 g/mol. The molecule has 1 aliphatic rings. The molecule has 0 aliphatic carbocycles. The van der Waals surface area contributed by atoms with Crippen LogP contribution in [0.5, 0.6) is 0 Å². The average Bonchev–Trinajstić information content (AvgIpc) is 3.08. The highest BCUT2D eigenvalue weighted by Gasteiger charge is 2.29. The van der Waals surface area contributed by atoms with Gasteiger partial charge in [0.2, 0.25) is 0 Å². The van der Waals surface area contributed by atoms with Crippen molar-refractivity contribution in [1.29, 1.82) is 0 Å². The Balaban J connectivity index is 1.53. The Morgan fingerprint density at radius 2 is 1.85 bits per heavy atom. The monoisotopic (exact) mass is 368 g/mol. The van der Waals surface area contributed by atoms with Crippen LogP contribution in [0.4, 0.5) is 4.39 Å². The van der Waals surface area contributed by atoms with Crippen molar-refractivity contribution in [3.8, 4) is 0 Å². The Labute approximate surface area is 153 Å². The Hall–Kier alpha value is -3.29. The number of fused-ring (bicyclic) bond motifs is 1. The number of likely N-dealkylation sites (tertiary alicyclic amines) is 1. The molecule has 0 spiro atoms. The van der Waals surface area contributed by atoms with Crippen LogP contribution in [0.1, 0.15) is 33.6 Å². The van der Waals surface area contributed by atoms with Crippen LogP contribution in [0.2, 0.25) is 0 Å². The summed E-state index contributed by atoms with van der Waals surface area (Å²) in [5, 5.41) is 6.16. The lowest BCUT2D eigenvalue weighted by Gasteiger charge is -2.32. The number of nitrogens with zero attached hydrogens (tertiary/aromatic N) is 3. The van der Waals surface area contributed by atoms with Crippen LogP contribution in [0, 0.1) is 11.7 Å². The van der Waals surface area contributed by atoms with Crippen molar-refractivity contribution in [2.45, 2.75) is 12.8 Å². The molecule has 1 fully saturated rings. The molecule has 1 aliphatic heterocycles. The third kappa shape index (κ3) is 3.25.